The Kier molecular flexibility index (Phi) is 3.58. The largest absolute Gasteiger partial charge is 0.347 e. The van der Waals surface area contributed by atoms with E-state index in [0.29, 0.717) is 26.3 Å². The molecule has 2 aliphatic heterocycles. The number of para-hydroxylation sites is 1. The highest BCUT2D eigenvalue weighted by atomic mass is 16.7. The molecule has 23 heavy (non-hydrogen) atoms. The first-order valence-electron chi connectivity index (χ1n) is 8.15. The van der Waals surface area contributed by atoms with Crippen molar-refractivity contribution in [3.63, 3.8) is 0 Å². The molecule has 2 aromatic rings. The van der Waals surface area contributed by atoms with Gasteiger partial charge in [-0.2, -0.15) is 5.10 Å². The maximum atomic E-state index is 12.6. The first-order valence-corrected chi connectivity index (χ1v) is 8.15. The van der Waals surface area contributed by atoms with Crippen LogP contribution in [0, 0.1) is 6.92 Å². The molecule has 0 bridgehead atoms. The highest BCUT2D eigenvalue weighted by Gasteiger charge is 2.40. The Morgan fingerprint density at radius 1 is 1.22 bits per heavy atom. The van der Waals surface area contributed by atoms with Crippen LogP contribution in [0.3, 0.4) is 0 Å². The van der Waals surface area contributed by atoms with Crippen LogP contribution in [0.1, 0.15) is 18.5 Å². The van der Waals surface area contributed by atoms with Gasteiger partial charge in [-0.15, -0.1) is 0 Å². The van der Waals surface area contributed by atoms with Crippen LogP contribution in [-0.2, 0) is 20.8 Å². The van der Waals surface area contributed by atoms with Crippen LogP contribution in [0.5, 0.6) is 0 Å². The number of fused-ring (bicyclic) bond motifs is 1. The van der Waals surface area contributed by atoms with Gasteiger partial charge in [0.2, 0.25) is 5.91 Å². The summed E-state index contributed by atoms with van der Waals surface area (Å²) in [6, 6.07) is 8.02. The molecule has 6 nitrogen and oxygen atoms in total. The SMILES string of the molecule is Cc1nn(CC(=O)N2CCC3(CC2)OCCO3)c2ccccc12. The predicted molar refractivity (Wildman–Crippen MR) is 84.9 cm³/mol. The molecule has 3 heterocycles. The number of benzene rings is 1. The summed E-state index contributed by atoms with van der Waals surface area (Å²) in [5, 5.41) is 5.62. The highest BCUT2D eigenvalue weighted by Crippen LogP contribution is 2.31. The summed E-state index contributed by atoms with van der Waals surface area (Å²) in [7, 11) is 0. The van der Waals surface area contributed by atoms with Crippen molar-refractivity contribution in [1.29, 1.82) is 0 Å². The number of likely N-dealkylation sites (tertiary alicyclic amines) is 1. The molecule has 4 rings (SSSR count). The fourth-order valence-corrected chi connectivity index (χ4v) is 3.52. The van der Waals surface area contributed by atoms with E-state index in [1.807, 2.05) is 36.1 Å². The molecule has 1 spiro atoms. The van der Waals surface area contributed by atoms with Crippen LogP contribution in [-0.4, -0.2) is 52.7 Å². The molecule has 1 aromatic heterocycles. The van der Waals surface area contributed by atoms with Gasteiger partial charge in [0.05, 0.1) is 24.4 Å². The Morgan fingerprint density at radius 2 is 1.91 bits per heavy atom. The van der Waals surface area contributed by atoms with Crippen molar-refractivity contribution in [2.24, 2.45) is 0 Å². The van der Waals surface area contributed by atoms with Gasteiger partial charge in [0, 0.05) is 31.3 Å². The number of carbonyl (C=O) groups is 1. The maximum absolute atomic E-state index is 12.6. The van der Waals surface area contributed by atoms with Gasteiger partial charge in [0.1, 0.15) is 6.54 Å². The fraction of sp³-hybridized carbons (Fsp3) is 0.529. The quantitative estimate of drug-likeness (QED) is 0.846. The highest BCUT2D eigenvalue weighted by molar-refractivity contribution is 5.84. The first-order chi connectivity index (χ1) is 11.2. The summed E-state index contributed by atoms with van der Waals surface area (Å²) in [4.78, 5) is 14.5. The molecule has 0 saturated carbocycles. The van der Waals surface area contributed by atoms with Gasteiger partial charge in [-0.25, -0.2) is 0 Å². The summed E-state index contributed by atoms with van der Waals surface area (Å²) >= 11 is 0. The van der Waals surface area contributed by atoms with E-state index in [-0.39, 0.29) is 12.5 Å². The number of nitrogens with zero attached hydrogens (tertiary/aromatic N) is 3. The maximum Gasteiger partial charge on any atom is 0.244 e. The number of carbonyl (C=O) groups excluding carboxylic acids is 1. The number of hydrogen-bond acceptors (Lipinski definition) is 4. The van der Waals surface area contributed by atoms with Gasteiger partial charge < -0.3 is 14.4 Å². The molecule has 2 fully saturated rings. The average Bonchev–Trinajstić information content (AvgIpc) is 3.14. The predicted octanol–water partition coefficient (Wildman–Crippen LogP) is 1.71. The van der Waals surface area contributed by atoms with Crippen molar-refractivity contribution in [2.45, 2.75) is 32.1 Å². The third kappa shape index (κ3) is 2.62. The second-order valence-electron chi connectivity index (χ2n) is 6.25. The van der Waals surface area contributed by atoms with Crippen molar-refractivity contribution in [2.75, 3.05) is 26.3 Å². The van der Waals surface area contributed by atoms with E-state index in [0.717, 1.165) is 29.4 Å². The molecule has 0 atom stereocenters. The number of piperidine rings is 1. The lowest BCUT2D eigenvalue weighted by molar-refractivity contribution is -0.187. The molecule has 122 valence electrons. The fourth-order valence-electron chi connectivity index (χ4n) is 3.52. The van der Waals surface area contributed by atoms with Gasteiger partial charge in [-0.1, -0.05) is 18.2 Å². The number of rotatable bonds is 2. The molecule has 0 N–H and O–H groups in total. The third-order valence-electron chi connectivity index (χ3n) is 4.82. The number of hydrogen-bond donors (Lipinski definition) is 0. The molecule has 2 aliphatic rings. The molecular formula is C17H21N3O3. The van der Waals surface area contributed by atoms with Crippen LogP contribution in [0.2, 0.25) is 0 Å². The van der Waals surface area contributed by atoms with Crippen molar-refractivity contribution in [3.05, 3.63) is 30.0 Å². The first kappa shape index (κ1) is 14.7. The summed E-state index contributed by atoms with van der Waals surface area (Å²) in [6.07, 6.45) is 1.50. The van der Waals surface area contributed by atoms with Crippen LogP contribution in [0.4, 0.5) is 0 Å². The lowest BCUT2D eigenvalue weighted by Crippen LogP contribution is -2.48. The van der Waals surface area contributed by atoms with Crippen LogP contribution >= 0.6 is 0 Å². The lowest BCUT2D eigenvalue weighted by atomic mass is 10.0. The zero-order chi connectivity index (χ0) is 15.9. The second-order valence-corrected chi connectivity index (χ2v) is 6.25. The van der Waals surface area contributed by atoms with Crippen LogP contribution in [0.25, 0.3) is 10.9 Å². The second kappa shape index (κ2) is 5.62. The van der Waals surface area contributed by atoms with E-state index in [4.69, 9.17) is 9.47 Å². The van der Waals surface area contributed by atoms with Crippen molar-refractivity contribution in [3.8, 4) is 0 Å². The van der Waals surface area contributed by atoms with Crippen molar-refractivity contribution < 1.29 is 14.3 Å². The molecule has 6 heteroatoms. The van der Waals surface area contributed by atoms with Gasteiger partial charge in [0.25, 0.3) is 0 Å². The number of aromatic nitrogens is 2. The molecule has 0 aliphatic carbocycles. The van der Waals surface area contributed by atoms with Gasteiger partial charge in [-0.05, 0) is 13.0 Å². The van der Waals surface area contributed by atoms with E-state index in [1.165, 1.54) is 0 Å². The van der Waals surface area contributed by atoms with E-state index in [2.05, 4.69) is 5.10 Å². The molecule has 0 radical (unpaired) electrons. The molecule has 0 unspecified atom stereocenters. The zero-order valence-electron chi connectivity index (χ0n) is 13.3. The van der Waals surface area contributed by atoms with Crippen LogP contribution in [0.15, 0.2) is 24.3 Å². The number of ether oxygens (including phenoxy) is 2. The van der Waals surface area contributed by atoms with E-state index < -0.39 is 5.79 Å². The average molecular weight is 315 g/mol. The van der Waals surface area contributed by atoms with Gasteiger partial charge in [-0.3, -0.25) is 9.48 Å². The normalized spacial score (nSPS) is 20.5. The molecule has 1 amide bonds. The summed E-state index contributed by atoms with van der Waals surface area (Å²) < 4.78 is 13.2. The summed E-state index contributed by atoms with van der Waals surface area (Å²) in [5.41, 5.74) is 1.97. The molecule has 2 saturated heterocycles. The Bertz CT molecular complexity index is 724. The van der Waals surface area contributed by atoms with Crippen molar-refractivity contribution in [1.82, 2.24) is 14.7 Å². The summed E-state index contributed by atoms with van der Waals surface area (Å²) in [5.74, 6) is -0.336. The summed E-state index contributed by atoms with van der Waals surface area (Å²) in [6.45, 7) is 4.93. The minimum absolute atomic E-state index is 0.103. The van der Waals surface area contributed by atoms with E-state index in [9.17, 15) is 4.79 Å². The lowest BCUT2D eigenvalue weighted by Gasteiger charge is -2.37. The number of amides is 1. The standard InChI is InChI=1S/C17H21N3O3/c1-13-14-4-2-3-5-15(14)20(18-13)12-16(21)19-8-6-17(7-9-19)22-10-11-23-17/h2-5H,6-12H2,1H3. The Balaban J connectivity index is 1.46. The minimum Gasteiger partial charge on any atom is -0.347 e. The molecular weight excluding hydrogens is 294 g/mol. The van der Waals surface area contributed by atoms with E-state index >= 15 is 0 Å². The minimum atomic E-state index is -0.439. The Morgan fingerprint density at radius 3 is 2.65 bits per heavy atom. The van der Waals surface area contributed by atoms with Gasteiger partial charge in [0.15, 0.2) is 5.79 Å². The third-order valence-corrected chi connectivity index (χ3v) is 4.82. The van der Waals surface area contributed by atoms with Gasteiger partial charge >= 0.3 is 0 Å². The Labute approximate surface area is 135 Å². The van der Waals surface area contributed by atoms with E-state index in [1.54, 1.807) is 4.68 Å². The smallest absolute Gasteiger partial charge is 0.244 e. The monoisotopic (exact) mass is 315 g/mol. The van der Waals surface area contributed by atoms with Crippen molar-refractivity contribution >= 4 is 16.8 Å². The number of aryl methyl sites for hydroxylation is 1. The molecule has 1 aromatic carbocycles. The van der Waals surface area contributed by atoms with Crippen LogP contribution < -0.4 is 0 Å². The zero-order valence-corrected chi connectivity index (χ0v) is 13.3. The Hall–Kier alpha value is -1.92. The topological polar surface area (TPSA) is 56.6 Å².